The average molecular weight is 383 g/mol. The predicted molar refractivity (Wildman–Crippen MR) is 32.9 cm³/mol. The Kier molecular flexibility index (Phi) is 31.4. The van der Waals surface area contributed by atoms with Crippen LogP contribution in [0.3, 0.4) is 0 Å². The Morgan fingerprint density at radius 3 is 0.750 bits per heavy atom. The van der Waals surface area contributed by atoms with Gasteiger partial charge in [0.15, 0.2) is 0 Å². The molecule has 0 spiro atoms. The van der Waals surface area contributed by atoms with Crippen molar-refractivity contribution in [2.75, 3.05) is 20.0 Å². The summed E-state index contributed by atoms with van der Waals surface area (Å²) in [4.78, 5) is 26.6. The van der Waals surface area contributed by atoms with Gasteiger partial charge in [-0.3, -0.25) is 0 Å². The van der Waals surface area contributed by atoms with Crippen LogP contribution < -0.4 is 15.3 Å². The molecule has 0 heterocycles. The van der Waals surface area contributed by atoms with Crippen LogP contribution in [0.15, 0.2) is 0 Å². The number of hydrogen-bond donors (Lipinski definition) is 0. The van der Waals surface area contributed by atoms with E-state index in [1.54, 1.807) is 0 Å². The average Bonchev–Trinajstić information content (AvgIpc) is 2.19. The SMILES string of the molecule is O=C([O-])CF.O=C([O-])CF.O=C([O-])CF.[Eu+3]. The van der Waals surface area contributed by atoms with Crippen LogP contribution in [-0.2, 0) is 14.4 Å². The Hall–Kier alpha value is -0.216. The molecule has 0 rings (SSSR count). The fraction of sp³-hybridized carbons (Fsp3) is 0.500. The molecule has 0 bridgehead atoms. The van der Waals surface area contributed by atoms with Crippen molar-refractivity contribution in [2.24, 2.45) is 0 Å². The molecular weight excluding hydrogens is 377 g/mol. The van der Waals surface area contributed by atoms with Crippen molar-refractivity contribution in [2.45, 2.75) is 0 Å². The van der Waals surface area contributed by atoms with Crippen LogP contribution in [0.2, 0.25) is 0 Å². The van der Waals surface area contributed by atoms with Gasteiger partial charge in [0.05, 0.1) is 17.9 Å². The van der Waals surface area contributed by atoms with Crippen LogP contribution in [0.25, 0.3) is 0 Å². The maximum atomic E-state index is 10.5. The standard InChI is InChI=1S/3C2H3FO2.Eu/c3*3-1-2(4)5;/h3*1H2,(H,4,5);/q;;;+3/p-3. The molecule has 0 aromatic carbocycles. The molecule has 0 aliphatic rings. The smallest absolute Gasteiger partial charge is 0.547 e. The molecule has 0 saturated heterocycles. The minimum Gasteiger partial charge on any atom is -0.547 e. The van der Waals surface area contributed by atoms with E-state index in [1.807, 2.05) is 0 Å². The number of aliphatic carboxylic acids is 3. The second-order valence-corrected chi connectivity index (χ2v) is 1.52. The Morgan fingerprint density at radius 1 is 0.688 bits per heavy atom. The van der Waals surface area contributed by atoms with Crippen LogP contribution in [0, 0.1) is 49.4 Å². The van der Waals surface area contributed by atoms with Gasteiger partial charge in [-0.25, -0.2) is 13.2 Å². The fourth-order valence-electron chi connectivity index (χ4n) is 0. The molecule has 0 aliphatic heterocycles. The van der Waals surface area contributed by atoms with Crippen molar-refractivity contribution in [3.63, 3.8) is 0 Å². The molecule has 0 unspecified atom stereocenters. The third-order valence-corrected chi connectivity index (χ3v) is 0.327. The number of hydrogen-bond acceptors (Lipinski definition) is 6. The van der Waals surface area contributed by atoms with E-state index in [2.05, 4.69) is 0 Å². The van der Waals surface area contributed by atoms with Crippen LogP contribution in [0.1, 0.15) is 0 Å². The first-order valence-corrected chi connectivity index (χ1v) is 3.09. The van der Waals surface area contributed by atoms with Gasteiger partial charge in [0.2, 0.25) is 0 Å². The summed E-state index contributed by atoms with van der Waals surface area (Å²) in [5, 5.41) is 26.6. The maximum absolute atomic E-state index is 10.5. The molecule has 0 N–H and O–H groups in total. The topological polar surface area (TPSA) is 120 Å². The Labute approximate surface area is 129 Å². The minimum atomic E-state index is -1.66. The van der Waals surface area contributed by atoms with Crippen LogP contribution >= 0.6 is 0 Å². The second kappa shape index (κ2) is 20.2. The number of halogens is 3. The van der Waals surface area contributed by atoms with E-state index >= 15 is 0 Å². The molecule has 10 heteroatoms. The monoisotopic (exact) mass is 384 g/mol. The molecule has 6 nitrogen and oxygen atoms in total. The Morgan fingerprint density at radius 2 is 0.750 bits per heavy atom. The maximum Gasteiger partial charge on any atom is 3.00 e. The Bertz CT molecular complexity index is 167. The molecule has 16 heavy (non-hydrogen) atoms. The summed E-state index contributed by atoms with van der Waals surface area (Å²) < 4.78 is 31.4. The van der Waals surface area contributed by atoms with E-state index < -0.39 is 37.9 Å². The van der Waals surface area contributed by atoms with Crippen molar-refractivity contribution in [3.8, 4) is 0 Å². The number of carbonyl (C=O) groups excluding carboxylic acids is 3. The zero-order valence-electron chi connectivity index (χ0n) is 7.58. The molecule has 0 aromatic rings. The molecule has 0 amide bonds. The molecule has 94 valence electrons. The molecule has 0 radical (unpaired) electrons. The van der Waals surface area contributed by atoms with E-state index in [1.165, 1.54) is 0 Å². The van der Waals surface area contributed by atoms with Crippen LogP contribution in [0.5, 0.6) is 0 Å². The van der Waals surface area contributed by atoms with Gasteiger partial charge in [0.25, 0.3) is 0 Å². The molecular formula is C6H6EuF3O6. The summed E-state index contributed by atoms with van der Waals surface area (Å²) >= 11 is 0. The second-order valence-electron chi connectivity index (χ2n) is 1.52. The fourth-order valence-corrected chi connectivity index (χ4v) is 0. The van der Waals surface area contributed by atoms with Crippen molar-refractivity contribution < 1.29 is 92.3 Å². The van der Waals surface area contributed by atoms with E-state index in [9.17, 15) is 13.2 Å². The van der Waals surface area contributed by atoms with Gasteiger partial charge in [0.1, 0.15) is 20.0 Å². The number of carbonyl (C=O) groups is 3. The number of carboxylic acids is 3. The zero-order chi connectivity index (χ0) is 12.9. The van der Waals surface area contributed by atoms with Gasteiger partial charge in [-0.05, 0) is 0 Å². The van der Waals surface area contributed by atoms with Crippen molar-refractivity contribution in [1.29, 1.82) is 0 Å². The summed E-state index contributed by atoms with van der Waals surface area (Å²) in [6.45, 7) is -4.17. The molecule has 0 fully saturated rings. The van der Waals surface area contributed by atoms with E-state index in [4.69, 9.17) is 29.7 Å². The number of carboxylic acid groups (broad SMARTS) is 3. The predicted octanol–water partition coefficient (Wildman–Crippen LogP) is -3.88. The largest absolute Gasteiger partial charge is 3.00 e. The van der Waals surface area contributed by atoms with Crippen LogP contribution in [-0.4, -0.2) is 37.9 Å². The first-order chi connectivity index (χ1) is 6.81. The Balaban J connectivity index is -0.0000000655. The number of rotatable bonds is 3. The van der Waals surface area contributed by atoms with Gasteiger partial charge in [0, 0.05) is 0 Å². The first kappa shape index (κ1) is 24.8. The summed E-state index contributed by atoms with van der Waals surface area (Å²) in [7, 11) is 0. The molecule has 0 saturated carbocycles. The van der Waals surface area contributed by atoms with Crippen molar-refractivity contribution in [3.05, 3.63) is 0 Å². The third-order valence-electron chi connectivity index (χ3n) is 0.327. The molecule has 0 aromatic heterocycles. The third kappa shape index (κ3) is 67.3. The summed E-state index contributed by atoms with van der Waals surface area (Å²) in [5.74, 6) is -4.99. The van der Waals surface area contributed by atoms with Gasteiger partial charge in [-0.2, -0.15) is 0 Å². The zero-order valence-corrected chi connectivity index (χ0v) is 10.0. The summed E-state index contributed by atoms with van der Waals surface area (Å²) in [5.41, 5.74) is 0. The first-order valence-electron chi connectivity index (χ1n) is 3.09. The van der Waals surface area contributed by atoms with Crippen molar-refractivity contribution in [1.82, 2.24) is 0 Å². The summed E-state index contributed by atoms with van der Waals surface area (Å²) in [6.07, 6.45) is 0. The van der Waals surface area contributed by atoms with Gasteiger partial charge in [-0.1, -0.05) is 0 Å². The van der Waals surface area contributed by atoms with Crippen LogP contribution in [0.4, 0.5) is 13.2 Å². The van der Waals surface area contributed by atoms with Crippen molar-refractivity contribution >= 4 is 17.9 Å². The summed E-state index contributed by atoms with van der Waals surface area (Å²) in [6, 6.07) is 0. The van der Waals surface area contributed by atoms with Gasteiger partial charge < -0.3 is 29.7 Å². The normalized spacial score (nSPS) is 6.94. The van der Waals surface area contributed by atoms with Gasteiger partial charge >= 0.3 is 49.4 Å². The van der Waals surface area contributed by atoms with E-state index in [0.29, 0.717) is 0 Å². The molecule has 0 atom stereocenters. The van der Waals surface area contributed by atoms with Gasteiger partial charge in [-0.15, -0.1) is 0 Å². The number of alkyl halides is 3. The minimum absolute atomic E-state index is 0. The van der Waals surface area contributed by atoms with E-state index in [-0.39, 0.29) is 49.4 Å². The molecule has 0 aliphatic carbocycles. The quantitative estimate of drug-likeness (QED) is 0.492. The van der Waals surface area contributed by atoms with E-state index in [0.717, 1.165) is 0 Å².